The number of carbonyl (C=O) groups excluding carboxylic acids is 1. The Kier molecular flexibility index (Phi) is 5.47. The number of hydrogen-bond acceptors (Lipinski definition) is 5. The molecule has 1 aliphatic heterocycles. The summed E-state index contributed by atoms with van der Waals surface area (Å²) in [5.74, 6) is 0.318. The average Bonchev–Trinajstić information content (AvgIpc) is 2.76. The van der Waals surface area contributed by atoms with Crippen LogP contribution in [-0.4, -0.2) is 29.0 Å². The van der Waals surface area contributed by atoms with Gasteiger partial charge < -0.3 is 15.5 Å². The molecule has 1 amide bonds. The number of nitrogens with one attached hydrogen (secondary N) is 2. The molecular weight excluding hydrogens is 350 g/mol. The zero-order chi connectivity index (χ0) is 19.2. The molecule has 0 aliphatic carbocycles. The van der Waals surface area contributed by atoms with Gasteiger partial charge in [0.25, 0.3) is 5.91 Å². The summed E-state index contributed by atoms with van der Waals surface area (Å²) in [5.41, 5.74) is 3.15. The largest absolute Gasteiger partial charge is 0.372 e. The van der Waals surface area contributed by atoms with Gasteiger partial charge in [-0.2, -0.15) is 0 Å². The molecule has 1 aromatic heterocycles. The van der Waals surface area contributed by atoms with Crippen LogP contribution in [0, 0.1) is 0 Å². The van der Waals surface area contributed by atoms with Crippen molar-refractivity contribution in [2.45, 2.75) is 19.3 Å². The number of amides is 1. The highest BCUT2D eigenvalue weighted by Crippen LogP contribution is 2.22. The topological polar surface area (TPSA) is 70.2 Å². The van der Waals surface area contributed by atoms with Crippen LogP contribution in [0.1, 0.15) is 29.8 Å². The second-order valence-electron chi connectivity index (χ2n) is 6.83. The van der Waals surface area contributed by atoms with E-state index in [-0.39, 0.29) is 11.6 Å². The average molecular weight is 373 g/mol. The highest BCUT2D eigenvalue weighted by molar-refractivity contribution is 6.02. The van der Waals surface area contributed by atoms with E-state index in [1.807, 2.05) is 42.5 Å². The van der Waals surface area contributed by atoms with Gasteiger partial charge in [-0.1, -0.05) is 18.2 Å². The van der Waals surface area contributed by atoms with Gasteiger partial charge in [-0.3, -0.25) is 4.79 Å². The zero-order valence-corrected chi connectivity index (χ0v) is 15.6. The van der Waals surface area contributed by atoms with Gasteiger partial charge in [0, 0.05) is 30.2 Å². The summed E-state index contributed by atoms with van der Waals surface area (Å²) in [7, 11) is 0. The Morgan fingerprint density at radius 2 is 1.57 bits per heavy atom. The lowest BCUT2D eigenvalue weighted by molar-refractivity contribution is 0.102. The minimum atomic E-state index is -0.274. The van der Waals surface area contributed by atoms with Gasteiger partial charge in [0.1, 0.15) is 11.5 Å². The third-order valence-electron chi connectivity index (χ3n) is 4.78. The number of rotatable bonds is 5. The van der Waals surface area contributed by atoms with Crippen LogP contribution in [0.4, 0.5) is 22.9 Å². The number of piperidine rings is 1. The minimum Gasteiger partial charge on any atom is -0.372 e. The Morgan fingerprint density at radius 3 is 2.25 bits per heavy atom. The van der Waals surface area contributed by atoms with Crippen molar-refractivity contribution in [2.24, 2.45) is 0 Å². The Hall–Kier alpha value is -3.41. The lowest BCUT2D eigenvalue weighted by Crippen LogP contribution is -2.29. The maximum atomic E-state index is 12.4. The Labute approximate surface area is 164 Å². The van der Waals surface area contributed by atoms with E-state index in [0.717, 1.165) is 24.5 Å². The second kappa shape index (κ2) is 8.52. The molecule has 0 unspecified atom stereocenters. The fourth-order valence-corrected chi connectivity index (χ4v) is 3.28. The van der Waals surface area contributed by atoms with E-state index in [1.165, 1.54) is 31.1 Å². The van der Waals surface area contributed by atoms with Gasteiger partial charge in [0.05, 0.1) is 12.4 Å². The number of nitrogens with zero attached hydrogens (tertiary/aromatic N) is 3. The molecule has 0 saturated carbocycles. The lowest BCUT2D eigenvalue weighted by Gasteiger charge is -2.28. The van der Waals surface area contributed by atoms with Gasteiger partial charge in [0.15, 0.2) is 0 Å². The fourth-order valence-electron chi connectivity index (χ4n) is 3.28. The highest BCUT2D eigenvalue weighted by Gasteiger charge is 2.12. The van der Waals surface area contributed by atoms with Crippen LogP contribution in [0.3, 0.4) is 0 Å². The second-order valence-corrected chi connectivity index (χ2v) is 6.83. The Balaban J connectivity index is 1.36. The molecule has 0 bridgehead atoms. The number of benzene rings is 2. The molecule has 142 valence electrons. The summed E-state index contributed by atoms with van der Waals surface area (Å²) in [4.78, 5) is 23.3. The number of anilines is 4. The first-order valence-electron chi connectivity index (χ1n) is 9.58. The van der Waals surface area contributed by atoms with E-state index in [0.29, 0.717) is 5.82 Å². The maximum Gasteiger partial charge on any atom is 0.275 e. The third kappa shape index (κ3) is 4.46. The van der Waals surface area contributed by atoms with Crippen molar-refractivity contribution in [1.29, 1.82) is 0 Å². The van der Waals surface area contributed by atoms with Crippen LogP contribution >= 0.6 is 0 Å². The maximum absolute atomic E-state index is 12.4. The quantitative estimate of drug-likeness (QED) is 0.691. The summed E-state index contributed by atoms with van der Waals surface area (Å²) in [5, 5.41) is 6.02. The number of hydrogen-bond donors (Lipinski definition) is 2. The fraction of sp³-hybridized carbons (Fsp3) is 0.227. The standard InChI is InChI=1S/C22H23N5O/c28-22(20-15-24-21(16-23-20)25-17-7-3-1-4-8-17)26-18-9-11-19(12-10-18)27-13-5-2-6-14-27/h1,3-4,7-12,15-16H,2,5-6,13-14H2,(H,24,25)(H,26,28). The molecule has 1 aliphatic rings. The third-order valence-corrected chi connectivity index (χ3v) is 4.78. The lowest BCUT2D eigenvalue weighted by atomic mass is 10.1. The first-order chi connectivity index (χ1) is 13.8. The van der Waals surface area contributed by atoms with Gasteiger partial charge in [-0.05, 0) is 55.7 Å². The Morgan fingerprint density at radius 1 is 0.821 bits per heavy atom. The molecule has 2 heterocycles. The van der Waals surface area contributed by atoms with Crippen LogP contribution < -0.4 is 15.5 Å². The smallest absolute Gasteiger partial charge is 0.275 e. The van der Waals surface area contributed by atoms with Crippen molar-refractivity contribution >= 4 is 28.8 Å². The number of aromatic nitrogens is 2. The van der Waals surface area contributed by atoms with E-state index in [2.05, 4.69) is 37.6 Å². The number of para-hydroxylation sites is 1. The van der Waals surface area contributed by atoms with Crippen molar-refractivity contribution in [2.75, 3.05) is 28.6 Å². The molecule has 28 heavy (non-hydrogen) atoms. The van der Waals surface area contributed by atoms with Gasteiger partial charge in [0.2, 0.25) is 0 Å². The van der Waals surface area contributed by atoms with Crippen LogP contribution in [0.15, 0.2) is 67.0 Å². The van der Waals surface area contributed by atoms with Crippen molar-refractivity contribution in [3.63, 3.8) is 0 Å². The molecule has 6 nitrogen and oxygen atoms in total. The van der Waals surface area contributed by atoms with Crippen molar-refractivity contribution < 1.29 is 4.79 Å². The van der Waals surface area contributed by atoms with Crippen molar-refractivity contribution in [3.8, 4) is 0 Å². The first kappa shape index (κ1) is 18.0. The molecular formula is C22H23N5O. The number of carbonyl (C=O) groups is 1. The van der Waals surface area contributed by atoms with Crippen molar-refractivity contribution in [3.05, 3.63) is 72.7 Å². The van der Waals surface area contributed by atoms with Gasteiger partial charge in [-0.15, -0.1) is 0 Å². The van der Waals surface area contributed by atoms with E-state index in [9.17, 15) is 4.79 Å². The SMILES string of the molecule is O=C(Nc1ccc(N2CCCCC2)cc1)c1cnc(Nc2ccccc2)cn1. The van der Waals surface area contributed by atoms with Gasteiger partial charge >= 0.3 is 0 Å². The predicted molar refractivity (Wildman–Crippen MR) is 112 cm³/mol. The molecule has 0 radical (unpaired) electrons. The minimum absolute atomic E-state index is 0.274. The van der Waals surface area contributed by atoms with E-state index in [4.69, 9.17) is 0 Å². The molecule has 2 aromatic carbocycles. The van der Waals surface area contributed by atoms with E-state index >= 15 is 0 Å². The van der Waals surface area contributed by atoms with Gasteiger partial charge in [-0.25, -0.2) is 9.97 Å². The zero-order valence-electron chi connectivity index (χ0n) is 15.6. The summed E-state index contributed by atoms with van der Waals surface area (Å²) < 4.78 is 0. The molecule has 0 atom stereocenters. The predicted octanol–water partition coefficient (Wildman–Crippen LogP) is 4.46. The van der Waals surface area contributed by atoms with E-state index < -0.39 is 0 Å². The monoisotopic (exact) mass is 373 g/mol. The summed E-state index contributed by atoms with van der Waals surface area (Å²) in [6.45, 7) is 2.20. The normalized spacial score (nSPS) is 13.8. The summed E-state index contributed by atoms with van der Waals surface area (Å²) >= 11 is 0. The molecule has 2 N–H and O–H groups in total. The molecule has 6 heteroatoms. The van der Waals surface area contributed by atoms with Crippen LogP contribution in [-0.2, 0) is 0 Å². The summed E-state index contributed by atoms with van der Waals surface area (Å²) in [6.07, 6.45) is 6.83. The first-order valence-corrected chi connectivity index (χ1v) is 9.58. The molecule has 4 rings (SSSR count). The highest BCUT2D eigenvalue weighted by atomic mass is 16.1. The van der Waals surface area contributed by atoms with Crippen molar-refractivity contribution in [1.82, 2.24) is 9.97 Å². The summed E-state index contributed by atoms with van der Waals surface area (Å²) in [6, 6.07) is 17.7. The molecule has 1 saturated heterocycles. The molecule has 3 aromatic rings. The van der Waals surface area contributed by atoms with Crippen LogP contribution in [0.2, 0.25) is 0 Å². The van der Waals surface area contributed by atoms with Crippen LogP contribution in [0.25, 0.3) is 0 Å². The molecule has 0 spiro atoms. The Bertz CT molecular complexity index is 904. The van der Waals surface area contributed by atoms with E-state index in [1.54, 1.807) is 6.20 Å². The molecule has 1 fully saturated rings. The van der Waals surface area contributed by atoms with Crippen LogP contribution in [0.5, 0.6) is 0 Å².